The van der Waals surface area contributed by atoms with Crippen LogP contribution in [0.2, 0.25) is 10.0 Å². The third kappa shape index (κ3) is 5.16. The molecular formula is C24H30Cl2N2O2. The van der Waals surface area contributed by atoms with Crippen molar-refractivity contribution < 1.29 is 9.90 Å². The number of aliphatic imine (C=N–C) groups is 1. The fourth-order valence-corrected chi connectivity index (χ4v) is 3.74. The van der Waals surface area contributed by atoms with Crippen LogP contribution in [0.3, 0.4) is 0 Å². The van der Waals surface area contributed by atoms with Crippen molar-refractivity contribution in [1.82, 2.24) is 0 Å². The molecule has 1 aromatic rings. The lowest BCUT2D eigenvalue weighted by atomic mass is 9.85. The van der Waals surface area contributed by atoms with Crippen LogP contribution in [-0.2, 0) is 4.79 Å². The quantitative estimate of drug-likeness (QED) is 0.283. The van der Waals surface area contributed by atoms with Crippen LogP contribution in [0, 0.1) is 11.3 Å². The molecule has 0 spiro atoms. The van der Waals surface area contributed by atoms with Gasteiger partial charge in [-0.15, -0.1) is 0 Å². The van der Waals surface area contributed by atoms with E-state index in [1.807, 2.05) is 6.92 Å². The predicted molar refractivity (Wildman–Crippen MR) is 129 cm³/mol. The second kappa shape index (κ2) is 9.40. The molecule has 0 saturated heterocycles. The number of halogens is 2. The van der Waals surface area contributed by atoms with E-state index in [9.17, 15) is 9.90 Å². The average molecular weight is 449 g/mol. The Morgan fingerprint density at radius 2 is 1.87 bits per heavy atom. The van der Waals surface area contributed by atoms with Crippen LogP contribution in [0.1, 0.15) is 53.0 Å². The van der Waals surface area contributed by atoms with Crippen LogP contribution in [0.4, 0.5) is 5.69 Å². The first kappa shape index (κ1) is 24.2. The fraction of sp³-hybridized carbons (Fsp3) is 0.417. The van der Waals surface area contributed by atoms with Crippen LogP contribution < -0.4 is 4.90 Å². The summed E-state index contributed by atoms with van der Waals surface area (Å²) in [5, 5.41) is 11.8. The molecule has 1 aliphatic carbocycles. The Balaban J connectivity index is 2.65. The summed E-state index contributed by atoms with van der Waals surface area (Å²) in [5.74, 6) is 0.0569. The lowest BCUT2D eigenvalue weighted by molar-refractivity contribution is -0.119. The van der Waals surface area contributed by atoms with Gasteiger partial charge in [0.1, 0.15) is 11.5 Å². The Morgan fingerprint density at radius 1 is 1.27 bits per heavy atom. The van der Waals surface area contributed by atoms with Gasteiger partial charge in [0.2, 0.25) is 5.91 Å². The molecule has 0 bridgehead atoms. The average Bonchev–Trinajstić information content (AvgIpc) is 3.51. The SMILES string of the molecule is C=CC=NC(/C(O)=C(\C)c1ccc(Cl)c(N(C)C(=O)C2CC2)c1Cl)=C(\C)C(C)(C)C. The van der Waals surface area contributed by atoms with Crippen molar-refractivity contribution >= 4 is 46.6 Å². The monoisotopic (exact) mass is 448 g/mol. The normalized spacial score (nSPS) is 16.3. The Bertz CT molecular complexity index is 949. The smallest absolute Gasteiger partial charge is 0.229 e. The molecule has 6 heteroatoms. The van der Waals surface area contributed by atoms with Crippen molar-refractivity contribution in [3.63, 3.8) is 0 Å². The number of nitrogens with zero attached hydrogens (tertiary/aromatic N) is 2. The lowest BCUT2D eigenvalue weighted by Crippen LogP contribution is -2.28. The molecule has 1 aliphatic rings. The Hall–Kier alpha value is -2.04. The Labute approximate surface area is 189 Å². The van der Waals surface area contributed by atoms with Crippen molar-refractivity contribution in [3.05, 3.63) is 57.4 Å². The number of rotatable bonds is 6. The number of benzene rings is 1. The van der Waals surface area contributed by atoms with Gasteiger partial charge in [-0.1, -0.05) is 62.7 Å². The zero-order valence-electron chi connectivity index (χ0n) is 18.5. The molecule has 2 rings (SSSR count). The first-order valence-corrected chi connectivity index (χ1v) is 10.7. The van der Waals surface area contributed by atoms with E-state index >= 15 is 0 Å². The molecule has 0 aliphatic heterocycles. The maximum Gasteiger partial charge on any atom is 0.229 e. The predicted octanol–water partition coefficient (Wildman–Crippen LogP) is 7.23. The number of carbonyl (C=O) groups is 1. The van der Waals surface area contributed by atoms with Gasteiger partial charge in [0.15, 0.2) is 0 Å². The van der Waals surface area contributed by atoms with E-state index in [0.29, 0.717) is 32.6 Å². The summed E-state index contributed by atoms with van der Waals surface area (Å²) in [6.07, 6.45) is 4.88. The first-order valence-electron chi connectivity index (χ1n) is 9.94. The highest BCUT2D eigenvalue weighted by Gasteiger charge is 2.34. The molecule has 1 fully saturated rings. The van der Waals surface area contributed by atoms with Crippen LogP contribution in [0.15, 0.2) is 46.8 Å². The Morgan fingerprint density at radius 3 is 2.37 bits per heavy atom. The van der Waals surface area contributed by atoms with E-state index in [4.69, 9.17) is 23.2 Å². The first-order chi connectivity index (χ1) is 13.9. The maximum absolute atomic E-state index is 12.6. The number of allylic oxidation sites excluding steroid dienone is 3. The minimum absolute atomic E-state index is 0.00143. The minimum Gasteiger partial charge on any atom is -0.505 e. The van der Waals surface area contributed by atoms with E-state index in [-0.39, 0.29) is 23.0 Å². The summed E-state index contributed by atoms with van der Waals surface area (Å²) in [7, 11) is 1.68. The summed E-state index contributed by atoms with van der Waals surface area (Å²) >= 11 is 13.1. The summed E-state index contributed by atoms with van der Waals surface area (Å²) in [4.78, 5) is 18.5. The lowest BCUT2D eigenvalue weighted by Gasteiger charge is -2.24. The zero-order valence-corrected chi connectivity index (χ0v) is 20.0. The molecule has 1 N–H and O–H groups in total. The summed E-state index contributed by atoms with van der Waals surface area (Å²) in [6, 6.07) is 3.44. The number of carbonyl (C=O) groups excluding carboxylic acids is 1. The maximum atomic E-state index is 12.6. The third-order valence-electron chi connectivity index (χ3n) is 5.43. The van der Waals surface area contributed by atoms with Gasteiger partial charge in [-0.2, -0.15) is 0 Å². The zero-order chi connectivity index (χ0) is 22.8. The van der Waals surface area contributed by atoms with Crippen LogP contribution >= 0.6 is 23.2 Å². The topological polar surface area (TPSA) is 52.9 Å². The molecule has 1 aromatic carbocycles. The summed E-state index contributed by atoms with van der Waals surface area (Å²) < 4.78 is 0. The molecular weight excluding hydrogens is 419 g/mol. The highest BCUT2D eigenvalue weighted by atomic mass is 35.5. The van der Waals surface area contributed by atoms with Gasteiger partial charge in [0, 0.05) is 30.3 Å². The number of anilines is 1. The van der Waals surface area contributed by atoms with Gasteiger partial charge in [-0.3, -0.25) is 9.79 Å². The number of hydrogen-bond acceptors (Lipinski definition) is 3. The highest BCUT2D eigenvalue weighted by molar-refractivity contribution is 6.41. The van der Waals surface area contributed by atoms with Crippen molar-refractivity contribution in [1.29, 1.82) is 0 Å². The third-order valence-corrected chi connectivity index (χ3v) is 6.12. The number of aliphatic hydroxyl groups excluding tert-OH is 1. The van der Waals surface area contributed by atoms with Gasteiger partial charge >= 0.3 is 0 Å². The molecule has 1 amide bonds. The number of amides is 1. The number of hydrogen-bond donors (Lipinski definition) is 1. The van der Waals surface area contributed by atoms with Crippen molar-refractivity contribution in [2.75, 3.05) is 11.9 Å². The minimum atomic E-state index is -0.200. The van der Waals surface area contributed by atoms with Crippen molar-refractivity contribution in [2.24, 2.45) is 16.3 Å². The summed E-state index contributed by atoms with van der Waals surface area (Å²) in [6.45, 7) is 13.5. The van der Waals surface area contributed by atoms with E-state index in [1.165, 1.54) is 4.90 Å². The van der Waals surface area contributed by atoms with E-state index in [2.05, 4.69) is 32.3 Å². The largest absolute Gasteiger partial charge is 0.505 e. The summed E-state index contributed by atoms with van der Waals surface area (Å²) in [5.41, 5.74) is 2.78. The van der Waals surface area contributed by atoms with Crippen molar-refractivity contribution in [2.45, 2.75) is 47.5 Å². The Kier molecular flexibility index (Phi) is 7.59. The molecule has 0 radical (unpaired) electrons. The molecule has 0 unspecified atom stereocenters. The van der Waals surface area contributed by atoms with Crippen LogP contribution in [0.5, 0.6) is 0 Å². The van der Waals surface area contributed by atoms with Gasteiger partial charge < -0.3 is 10.0 Å². The molecule has 1 saturated carbocycles. The van der Waals surface area contributed by atoms with Gasteiger partial charge in [0.05, 0.1) is 15.7 Å². The second-order valence-electron chi connectivity index (χ2n) is 8.64. The standard InChI is InChI=1S/C24H30Cl2N2O2/c1-8-13-27-20(15(3)24(4,5)6)22(29)14(2)17-11-12-18(25)21(19(17)26)28(7)23(30)16-9-10-16/h8,11-13,16,29H,1,9-10H2,2-7H3/b20-15+,22-14-,27-13?. The molecule has 0 atom stereocenters. The number of aliphatic hydroxyl groups is 1. The van der Waals surface area contributed by atoms with Gasteiger partial charge in [-0.25, -0.2) is 0 Å². The van der Waals surface area contributed by atoms with Crippen molar-refractivity contribution in [3.8, 4) is 0 Å². The van der Waals surface area contributed by atoms with Gasteiger partial charge in [0.25, 0.3) is 0 Å². The van der Waals surface area contributed by atoms with Gasteiger partial charge in [-0.05, 0) is 43.7 Å². The fourth-order valence-electron chi connectivity index (χ4n) is 2.98. The second-order valence-corrected chi connectivity index (χ2v) is 9.43. The molecule has 4 nitrogen and oxygen atoms in total. The van der Waals surface area contributed by atoms with E-state index in [0.717, 1.165) is 18.4 Å². The highest BCUT2D eigenvalue weighted by Crippen LogP contribution is 2.42. The van der Waals surface area contributed by atoms with E-state index < -0.39 is 0 Å². The molecule has 30 heavy (non-hydrogen) atoms. The van der Waals surface area contributed by atoms with Crippen LogP contribution in [-0.4, -0.2) is 24.3 Å². The molecule has 0 heterocycles. The van der Waals surface area contributed by atoms with E-state index in [1.54, 1.807) is 38.4 Å². The molecule has 162 valence electrons. The molecule has 0 aromatic heterocycles. The van der Waals surface area contributed by atoms with Crippen LogP contribution in [0.25, 0.3) is 5.57 Å².